The molecule has 1 aliphatic carbocycles. The second-order valence-corrected chi connectivity index (χ2v) is 13.3. The highest BCUT2D eigenvalue weighted by Gasteiger charge is 2.37. The molecule has 0 amide bonds. The van der Waals surface area contributed by atoms with E-state index in [0.717, 1.165) is 33.6 Å². The lowest BCUT2D eigenvalue weighted by Crippen LogP contribution is -2.17. The molecule has 0 saturated heterocycles. The quantitative estimate of drug-likeness (QED) is 0.193. The SMILES string of the molecule is C1=CC2c3c(cncc3-c3nc(-c4ccccc4)nc(-c4ccccc4)n3)OC2C=C1c1ccc2sc3c4ccccc4ccc3c2c1. The molecule has 2 atom stereocenters. The monoisotopic (exact) mass is 634 g/mol. The minimum Gasteiger partial charge on any atom is -0.483 e. The molecule has 5 nitrogen and oxygen atoms in total. The molecule has 226 valence electrons. The second kappa shape index (κ2) is 10.8. The van der Waals surface area contributed by atoms with E-state index >= 15 is 0 Å². The molecule has 0 bridgehead atoms. The molecule has 10 rings (SSSR count). The summed E-state index contributed by atoms with van der Waals surface area (Å²) in [6.07, 6.45) is 10.2. The van der Waals surface area contributed by atoms with Gasteiger partial charge in [0.15, 0.2) is 17.5 Å². The summed E-state index contributed by atoms with van der Waals surface area (Å²) in [5.74, 6) is 2.60. The van der Waals surface area contributed by atoms with Crippen molar-refractivity contribution in [1.82, 2.24) is 19.9 Å². The van der Waals surface area contributed by atoms with Gasteiger partial charge in [-0.2, -0.15) is 0 Å². The van der Waals surface area contributed by atoms with Gasteiger partial charge in [-0.05, 0) is 40.1 Å². The fourth-order valence-corrected chi connectivity index (χ4v) is 8.26. The summed E-state index contributed by atoms with van der Waals surface area (Å²) in [5.41, 5.74) is 6.11. The maximum atomic E-state index is 6.59. The van der Waals surface area contributed by atoms with E-state index in [-0.39, 0.29) is 12.0 Å². The highest BCUT2D eigenvalue weighted by Crippen LogP contribution is 2.47. The summed E-state index contributed by atoms with van der Waals surface area (Å²) in [6.45, 7) is 0. The fraction of sp³-hybridized carbons (Fsp3) is 0.0476. The van der Waals surface area contributed by atoms with E-state index in [9.17, 15) is 0 Å². The first kappa shape index (κ1) is 27.2. The largest absolute Gasteiger partial charge is 0.483 e. The molecule has 48 heavy (non-hydrogen) atoms. The Hall–Kier alpha value is -5.98. The standard InChI is InChI=1S/C42H26N4OS/c1-3-10-26(11-4-1)40-44-41(27-12-5-2-6-13-27)46-42(45-40)34-23-43-24-36-38(34)32-19-16-29(22-35(32)47-36)28-17-20-37-33(21-28)31-18-15-25-9-7-8-14-30(25)39(31)48-37/h1-24,32,35H. The molecule has 0 fully saturated rings. The lowest BCUT2D eigenvalue weighted by molar-refractivity contribution is 0.269. The summed E-state index contributed by atoms with van der Waals surface area (Å²) in [6, 6.07) is 40.0. The predicted molar refractivity (Wildman–Crippen MR) is 195 cm³/mol. The number of pyridine rings is 1. The van der Waals surface area contributed by atoms with Crippen molar-refractivity contribution in [1.29, 1.82) is 0 Å². The minimum atomic E-state index is -0.161. The molecule has 5 aromatic carbocycles. The fourth-order valence-electron chi connectivity index (χ4n) is 7.04. The Kier molecular flexibility index (Phi) is 6.11. The van der Waals surface area contributed by atoms with Crippen LogP contribution in [0.4, 0.5) is 0 Å². The van der Waals surface area contributed by atoms with Crippen LogP contribution < -0.4 is 4.74 Å². The maximum absolute atomic E-state index is 6.59. The first-order chi connectivity index (χ1) is 23.8. The van der Waals surface area contributed by atoms with Gasteiger partial charge >= 0.3 is 0 Å². The first-order valence-electron chi connectivity index (χ1n) is 16.0. The number of aromatic nitrogens is 4. The molecule has 4 heterocycles. The Balaban J connectivity index is 1.04. The van der Waals surface area contributed by atoms with Crippen LogP contribution in [0, 0.1) is 0 Å². The lowest BCUT2D eigenvalue weighted by atomic mass is 9.85. The van der Waals surface area contributed by atoms with Crippen LogP contribution >= 0.6 is 11.3 Å². The van der Waals surface area contributed by atoms with Crippen LogP contribution in [0.2, 0.25) is 0 Å². The summed E-state index contributed by atoms with van der Waals surface area (Å²) < 4.78 is 9.22. The van der Waals surface area contributed by atoms with Gasteiger partial charge in [-0.1, -0.05) is 115 Å². The number of fused-ring (bicyclic) bond motifs is 8. The van der Waals surface area contributed by atoms with Gasteiger partial charge < -0.3 is 4.74 Å². The van der Waals surface area contributed by atoms with Crippen LogP contribution in [-0.4, -0.2) is 26.0 Å². The third kappa shape index (κ3) is 4.37. The van der Waals surface area contributed by atoms with Gasteiger partial charge in [0.25, 0.3) is 0 Å². The molecule has 3 aromatic heterocycles. The smallest absolute Gasteiger partial charge is 0.166 e. The average Bonchev–Trinajstić information content (AvgIpc) is 3.73. The zero-order valence-corrected chi connectivity index (χ0v) is 26.4. The topological polar surface area (TPSA) is 60.8 Å². The van der Waals surface area contributed by atoms with Crippen LogP contribution in [-0.2, 0) is 0 Å². The molecule has 2 aliphatic rings. The van der Waals surface area contributed by atoms with Crippen molar-refractivity contribution < 1.29 is 4.74 Å². The molecule has 0 radical (unpaired) electrons. The van der Waals surface area contributed by atoms with E-state index in [4.69, 9.17) is 19.7 Å². The van der Waals surface area contributed by atoms with Gasteiger partial charge in [0.1, 0.15) is 11.9 Å². The Morgan fingerprint density at radius 1 is 0.604 bits per heavy atom. The van der Waals surface area contributed by atoms with E-state index in [1.165, 1.54) is 36.5 Å². The van der Waals surface area contributed by atoms with Crippen LogP contribution in [0.1, 0.15) is 17.0 Å². The van der Waals surface area contributed by atoms with Gasteiger partial charge in [-0.15, -0.1) is 11.3 Å². The summed E-state index contributed by atoms with van der Waals surface area (Å²) >= 11 is 1.87. The number of hydrogen-bond acceptors (Lipinski definition) is 6. The maximum Gasteiger partial charge on any atom is 0.166 e. The zero-order chi connectivity index (χ0) is 31.6. The van der Waals surface area contributed by atoms with Crippen LogP contribution in [0.25, 0.3) is 70.7 Å². The number of rotatable bonds is 4. The first-order valence-corrected chi connectivity index (χ1v) is 16.8. The second-order valence-electron chi connectivity index (χ2n) is 12.2. The normalized spacial score (nSPS) is 16.5. The van der Waals surface area contributed by atoms with Crippen molar-refractivity contribution >= 4 is 47.9 Å². The highest BCUT2D eigenvalue weighted by molar-refractivity contribution is 7.26. The molecule has 1 aliphatic heterocycles. The van der Waals surface area contributed by atoms with Crippen molar-refractivity contribution in [2.75, 3.05) is 0 Å². The van der Waals surface area contributed by atoms with Crippen molar-refractivity contribution in [3.05, 3.63) is 157 Å². The van der Waals surface area contributed by atoms with Gasteiger partial charge in [0, 0.05) is 54.5 Å². The lowest BCUT2D eigenvalue weighted by Gasteiger charge is -2.19. The Bertz CT molecular complexity index is 2550. The Morgan fingerprint density at radius 2 is 1.33 bits per heavy atom. The predicted octanol–water partition coefficient (Wildman–Crippen LogP) is 10.3. The van der Waals surface area contributed by atoms with E-state index in [1.807, 2.05) is 84.4 Å². The van der Waals surface area contributed by atoms with Crippen molar-refractivity contribution in [3.8, 4) is 39.9 Å². The van der Waals surface area contributed by atoms with Gasteiger partial charge in [0.2, 0.25) is 0 Å². The van der Waals surface area contributed by atoms with Crippen molar-refractivity contribution in [2.45, 2.75) is 12.0 Å². The number of thiophene rings is 1. The number of benzene rings is 5. The molecule has 0 N–H and O–H groups in total. The molecular formula is C42H26N4OS. The average molecular weight is 635 g/mol. The van der Waals surface area contributed by atoms with Crippen LogP contribution in [0.15, 0.2) is 146 Å². The van der Waals surface area contributed by atoms with E-state index in [1.54, 1.807) is 0 Å². The summed E-state index contributed by atoms with van der Waals surface area (Å²) in [7, 11) is 0. The molecule has 0 saturated carbocycles. The third-order valence-corrected chi connectivity index (χ3v) is 10.6. The van der Waals surface area contributed by atoms with E-state index < -0.39 is 0 Å². The van der Waals surface area contributed by atoms with Crippen LogP contribution in [0.3, 0.4) is 0 Å². The number of hydrogen-bond donors (Lipinski definition) is 0. The van der Waals surface area contributed by atoms with Crippen molar-refractivity contribution in [2.24, 2.45) is 0 Å². The Morgan fingerprint density at radius 3 is 2.12 bits per heavy atom. The van der Waals surface area contributed by atoms with Crippen molar-refractivity contribution in [3.63, 3.8) is 0 Å². The van der Waals surface area contributed by atoms with Crippen LogP contribution in [0.5, 0.6) is 5.75 Å². The minimum absolute atomic E-state index is 0.0101. The number of nitrogens with zero attached hydrogens (tertiary/aromatic N) is 4. The molecule has 2 unspecified atom stereocenters. The molecule has 8 aromatic rings. The molecule has 6 heteroatoms. The van der Waals surface area contributed by atoms with E-state index in [2.05, 4.69) is 77.8 Å². The number of ether oxygens (including phenoxy) is 1. The van der Waals surface area contributed by atoms with Gasteiger partial charge in [-0.3, -0.25) is 4.98 Å². The zero-order valence-electron chi connectivity index (χ0n) is 25.6. The summed E-state index contributed by atoms with van der Waals surface area (Å²) in [4.78, 5) is 19.4. The van der Waals surface area contributed by atoms with Gasteiger partial charge in [0.05, 0.1) is 6.20 Å². The van der Waals surface area contributed by atoms with E-state index in [0.29, 0.717) is 17.5 Å². The summed E-state index contributed by atoms with van der Waals surface area (Å²) in [5, 5.41) is 5.17. The van der Waals surface area contributed by atoms with Gasteiger partial charge in [-0.25, -0.2) is 15.0 Å². The highest BCUT2D eigenvalue weighted by atomic mass is 32.1. The molecular weight excluding hydrogens is 609 g/mol. The molecule has 0 spiro atoms. The number of allylic oxidation sites excluding steroid dienone is 2. The Labute approximate surface area is 280 Å². The third-order valence-electron chi connectivity index (χ3n) is 9.36.